The number of aryl methyl sites for hydroxylation is 1. The molecule has 2 fully saturated rings. The highest BCUT2D eigenvalue weighted by Crippen LogP contribution is 2.51. The highest BCUT2D eigenvalue weighted by molar-refractivity contribution is 5.91. The number of benzene rings is 2. The fourth-order valence-corrected chi connectivity index (χ4v) is 4.51. The van der Waals surface area contributed by atoms with Crippen molar-refractivity contribution in [2.45, 2.75) is 44.1 Å². The minimum atomic E-state index is -0.423. The number of methoxy groups -OCH3 is 1. The summed E-state index contributed by atoms with van der Waals surface area (Å²) in [6.07, 6.45) is 3.54. The van der Waals surface area contributed by atoms with Crippen LogP contribution in [0.25, 0.3) is 11.4 Å². The molecule has 0 N–H and O–H groups in total. The zero-order valence-corrected chi connectivity index (χ0v) is 17.3. The van der Waals surface area contributed by atoms with Gasteiger partial charge in [-0.2, -0.15) is 4.98 Å². The summed E-state index contributed by atoms with van der Waals surface area (Å²) in [6, 6.07) is 15.7. The van der Waals surface area contributed by atoms with E-state index >= 15 is 0 Å². The van der Waals surface area contributed by atoms with E-state index in [1.54, 1.807) is 7.11 Å². The van der Waals surface area contributed by atoms with Crippen molar-refractivity contribution in [3.8, 4) is 17.1 Å². The first kappa shape index (κ1) is 18.9. The monoisotopic (exact) mass is 403 g/mol. The van der Waals surface area contributed by atoms with Gasteiger partial charge in [-0.3, -0.25) is 4.79 Å². The van der Waals surface area contributed by atoms with E-state index in [1.165, 1.54) is 0 Å². The Labute approximate surface area is 175 Å². The Hall–Kier alpha value is -3.15. The van der Waals surface area contributed by atoms with Crippen LogP contribution >= 0.6 is 0 Å². The maximum absolute atomic E-state index is 13.6. The Kier molecular flexibility index (Phi) is 4.57. The second-order valence-corrected chi connectivity index (χ2v) is 8.24. The second kappa shape index (κ2) is 7.27. The molecule has 1 saturated carbocycles. The SMILES string of the molecule is COc1ccc(C2(C(=O)N3CCCC3c3nc(-c4ccccc4C)no3)CC2)cc1. The summed E-state index contributed by atoms with van der Waals surface area (Å²) in [5.74, 6) is 2.09. The van der Waals surface area contributed by atoms with Crippen LogP contribution in [0.3, 0.4) is 0 Å². The number of rotatable bonds is 5. The lowest BCUT2D eigenvalue weighted by Crippen LogP contribution is -2.39. The summed E-state index contributed by atoms with van der Waals surface area (Å²) in [6.45, 7) is 2.76. The van der Waals surface area contributed by atoms with Gasteiger partial charge >= 0.3 is 0 Å². The van der Waals surface area contributed by atoms with Crippen molar-refractivity contribution in [1.82, 2.24) is 15.0 Å². The fourth-order valence-electron chi connectivity index (χ4n) is 4.51. The highest BCUT2D eigenvalue weighted by atomic mass is 16.5. The lowest BCUT2D eigenvalue weighted by Gasteiger charge is -2.27. The Morgan fingerprint density at radius 2 is 1.93 bits per heavy atom. The fraction of sp³-hybridized carbons (Fsp3) is 0.375. The van der Waals surface area contributed by atoms with Crippen molar-refractivity contribution >= 4 is 5.91 Å². The number of amides is 1. The predicted octanol–water partition coefficient (Wildman–Crippen LogP) is 4.45. The Bertz CT molecular complexity index is 1070. The smallest absolute Gasteiger partial charge is 0.249 e. The van der Waals surface area contributed by atoms with E-state index in [4.69, 9.17) is 9.26 Å². The minimum Gasteiger partial charge on any atom is -0.497 e. The maximum Gasteiger partial charge on any atom is 0.249 e. The summed E-state index contributed by atoms with van der Waals surface area (Å²) < 4.78 is 10.9. The molecule has 3 aromatic rings. The highest BCUT2D eigenvalue weighted by Gasteiger charge is 2.55. The Balaban J connectivity index is 1.40. The molecular formula is C24H25N3O3. The van der Waals surface area contributed by atoms with E-state index in [9.17, 15) is 4.79 Å². The number of likely N-dealkylation sites (tertiary alicyclic amines) is 1. The molecule has 1 atom stereocenters. The molecule has 0 radical (unpaired) electrons. The van der Waals surface area contributed by atoms with Crippen molar-refractivity contribution in [3.05, 3.63) is 65.5 Å². The molecule has 1 unspecified atom stereocenters. The molecule has 1 aliphatic carbocycles. The normalized spacial score (nSPS) is 19.7. The van der Waals surface area contributed by atoms with Gasteiger partial charge in [0.2, 0.25) is 17.6 Å². The number of hydrogen-bond acceptors (Lipinski definition) is 5. The van der Waals surface area contributed by atoms with Crippen LogP contribution < -0.4 is 4.74 Å². The van der Waals surface area contributed by atoms with Crippen LogP contribution in [0.2, 0.25) is 0 Å². The molecule has 1 aromatic heterocycles. The molecule has 6 nitrogen and oxygen atoms in total. The molecule has 5 rings (SSSR count). The molecule has 2 aliphatic rings. The van der Waals surface area contributed by atoms with Crippen molar-refractivity contribution < 1.29 is 14.1 Å². The van der Waals surface area contributed by atoms with Crippen molar-refractivity contribution in [2.75, 3.05) is 13.7 Å². The van der Waals surface area contributed by atoms with Gasteiger partial charge in [-0.1, -0.05) is 41.6 Å². The van der Waals surface area contributed by atoms with E-state index < -0.39 is 5.41 Å². The van der Waals surface area contributed by atoms with Gasteiger partial charge in [0.25, 0.3) is 0 Å². The van der Waals surface area contributed by atoms with Crippen molar-refractivity contribution in [1.29, 1.82) is 0 Å². The molecule has 154 valence electrons. The Morgan fingerprint density at radius 1 is 1.17 bits per heavy atom. The van der Waals surface area contributed by atoms with E-state index in [0.717, 1.165) is 54.7 Å². The first-order valence-electron chi connectivity index (χ1n) is 10.5. The third-order valence-corrected chi connectivity index (χ3v) is 6.43. The van der Waals surface area contributed by atoms with Gasteiger partial charge in [-0.15, -0.1) is 0 Å². The van der Waals surface area contributed by atoms with Gasteiger partial charge in [0.05, 0.1) is 12.5 Å². The van der Waals surface area contributed by atoms with Crippen LogP contribution in [-0.2, 0) is 10.2 Å². The zero-order valence-electron chi connectivity index (χ0n) is 17.3. The third kappa shape index (κ3) is 3.07. The second-order valence-electron chi connectivity index (χ2n) is 8.24. The van der Waals surface area contributed by atoms with E-state index in [2.05, 4.69) is 10.1 Å². The van der Waals surface area contributed by atoms with Crippen molar-refractivity contribution in [3.63, 3.8) is 0 Å². The summed E-state index contributed by atoms with van der Waals surface area (Å²) in [5.41, 5.74) is 2.69. The third-order valence-electron chi connectivity index (χ3n) is 6.43. The van der Waals surface area contributed by atoms with Crippen LogP contribution in [0.5, 0.6) is 5.75 Å². The van der Waals surface area contributed by atoms with Crippen LogP contribution in [0.15, 0.2) is 53.1 Å². The van der Waals surface area contributed by atoms with E-state index in [1.807, 2.05) is 60.4 Å². The number of carbonyl (C=O) groups is 1. The van der Waals surface area contributed by atoms with Gasteiger partial charge < -0.3 is 14.2 Å². The minimum absolute atomic E-state index is 0.154. The molecule has 2 aromatic carbocycles. The lowest BCUT2D eigenvalue weighted by atomic mass is 9.94. The van der Waals surface area contributed by atoms with Gasteiger partial charge in [0.15, 0.2) is 0 Å². The maximum atomic E-state index is 13.6. The average Bonchev–Trinajstić information content (AvgIpc) is 3.20. The number of aromatic nitrogens is 2. The number of ether oxygens (including phenoxy) is 1. The molecule has 1 amide bonds. The lowest BCUT2D eigenvalue weighted by molar-refractivity contribution is -0.135. The summed E-state index contributed by atoms with van der Waals surface area (Å²) in [7, 11) is 1.65. The molecule has 0 spiro atoms. The van der Waals surface area contributed by atoms with Gasteiger partial charge in [0.1, 0.15) is 11.8 Å². The van der Waals surface area contributed by atoms with E-state index in [0.29, 0.717) is 11.7 Å². The molecule has 1 saturated heterocycles. The average molecular weight is 403 g/mol. The summed E-state index contributed by atoms with van der Waals surface area (Å²) in [5, 5.41) is 4.20. The molecule has 30 heavy (non-hydrogen) atoms. The van der Waals surface area contributed by atoms with Crippen LogP contribution in [0, 0.1) is 6.92 Å². The predicted molar refractivity (Wildman–Crippen MR) is 112 cm³/mol. The summed E-state index contributed by atoms with van der Waals surface area (Å²) >= 11 is 0. The van der Waals surface area contributed by atoms with Gasteiger partial charge in [-0.25, -0.2) is 0 Å². The van der Waals surface area contributed by atoms with Crippen LogP contribution in [-0.4, -0.2) is 34.6 Å². The molecule has 6 heteroatoms. The number of nitrogens with zero attached hydrogens (tertiary/aromatic N) is 3. The quantitative estimate of drug-likeness (QED) is 0.630. The summed E-state index contributed by atoms with van der Waals surface area (Å²) in [4.78, 5) is 20.2. The van der Waals surface area contributed by atoms with E-state index in [-0.39, 0.29) is 11.9 Å². The van der Waals surface area contributed by atoms with Gasteiger partial charge in [-0.05, 0) is 55.9 Å². The molecule has 2 heterocycles. The van der Waals surface area contributed by atoms with Crippen LogP contribution in [0.4, 0.5) is 0 Å². The van der Waals surface area contributed by atoms with Crippen LogP contribution in [0.1, 0.15) is 48.7 Å². The molecule has 1 aliphatic heterocycles. The first-order chi connectivity index (χ1) is 14.6. The number of hydrogen-bond donors (Lipinski definition) is 0. The van der Waals surface area contributed by atoms with Crippen molar-refractivity contribution in [2.24, 2.45) is 0 Å². The largest absolute Gasteiger partial charge is 0.497 e. The molecule has 0 bridgehead atoms. The zero-order chi connectivity index (χ0) is 20.7. The topological polar surface area (TPSA) is 68.5 Å². The number of carbonyl (C=O) groups excluding carboxylic acids is 1. The molecular weight excluding hydrogens is 378 g/mol. The standard InChI is InChI=1S/C24H25N3O3/c1-16-6-3-4-7-19(16)21-25-22(30-26-21)20-8-5-15-27(20)23(28)24(13-14-24)17-9-11-18(29-2)12-10-17/h3-4,6-7,9-12,20H,5,8,13-15H2,1-2H3. The van der Waals surface area contributed by atoms with Gasteiger partial charge in [0, 0.05) is 12.1 Å². The Morgan fingerprint density at radius 3 is 2.63 bits per heavy atom. The first-order valence-corrected chi connectivity index (χ1v) is 10.5.